The molecule has 1 aromatic heterocycles. The van der Waals surface area contributed by atoms with Crippen molar-refractivity contribution in [2.45, 2.75) is 26.5 Å². The molecule has 19 heavy (non-hydrogen) atoms. The quantitative estimate of drug-likeness (QED) is 0.782. The maximum absolute atomic E-state index is 11.9. The summed E-state index contributed by atoms with van der Waals surface area (Å²) in [6, 6.07) is 3.23. The summed E-state index contributed by atoms with van der Waals surface area (Å²) in [6.07, 6.45) is -0.659. The summed E-state index contributed by atoms with van der Waals surface area (Å²) in [5.74, 6) is -0.225. The third-order valence-corrected chi connectivity index (χ3v) is 2.54. The first-order valence-corrected chi connectivity index (χ1v) is 6.04. The molecule has 106 valence electrons. The minimum absolute atomic E-state index is 0.0337. The predicted octanol–water partition coefficient (Wildman–Crippen LogP) is 0.451. The monoisotopic (exact) mass is 268 g/mol. The van der Waals surface area contributed by atoms with Crippen LogP contribution in [0.5, 0.6) is 5.75 Å². The maximum atomic E-state index is 11.9. The van der Waals surface area contributed by atoms with E-state index >= 15 is 0 Å². The second-order valence-corrected chi connectivity index (χ2v) is 4.47. The number of aliphatic hydroxyl groups excluding tert-OH is 1. The fourth-order valence-corrected chi connectivity index (χ4v) is 1.69. The Balaban J connectivity index is 2.86. The van der Waals surface area contributed by atoms with Crippen LogP contribution in [0.1, 0.15) is 18.3 Å². The second-order valence-electron chi connectivity index (χ2n) is 4.47. The van der Waals surface area contributed by atoms with Crippen molar-refractivity contribution < 1.29 is 19.7 Å². The summed E-state index contributed by atoms with van der Waals surface area (Å²) in [4.78, 5) is 17.5. The molecule has 0 saturated carbocycles. The Morgan fingerprint density at radius 2 is 2.21 bits per heavy atom. The van der Waals surface area contributed by atoms with Gasteiger partial charge in [0.05, 0.1) is 12.6 Å². The number of aliphatic hydroxyl groups is 1. The van der Waals surface area contributed by atoms with Crippen molar-refractivity contribution >= 4 is 5.91 Å². The van der Waals surface area contributed by atoms with Gasteiger partial charge in [-0.3, -0.25) is 9.78 Å². The van der Waals surface area contributed by atoms with Gasteiger partial charge in [0.15, 0.2) is 0 Å². The topological polar surface area (TPSA) is 82.9 Å². The van der Waals surface area contributed by atoms with Gasteiger partial charge in [0.2, 0.25) is 5.91 Å². The van der Waals surface area contributed by atoms with Gasteiger partial charge in [-0.2, -0.15) is 0 Å². The van der Waals surface area contributed by atoms with Crippen molar-refractivity contribution in [2.75, 3.05) is 20.3 Å². The minimum Gasteiger partial charge on any atom is -0.506 e. The number of methoxy groups -OCH3 is 1. The average Bonchev–Trinajstić information content (AvgIpc) is 2.32. The fraction of sp³-hybridized carbons (Fsp3) is 0.538. The third kappa shape index (κ3) is 4.84. The summed E-state index contributed by atoms with van der Waals surface area (Å²) >= 11 is 0. The zero-order chi connectivity index (χ0) is 14.4. The highest BCUT2D eigenvalue weighted by Crippen LogP contribution is 2.17. The van der Waals surface area contributed by atoms with Crippen molar-refractivity contribution in [3.8, 4) is 5.75 Å². The minimum atomic E-state index is -0.659. The molecule has 0 unspecified atom stereocenters. The Morgan fingerprint density at radius 3 is 2.79 bits per heavy atom. The number of carbonyl (C=O) groups excluding carboxylic acids is 1. The molecule has 6 nitrogen and oxygen atoms in total. The number of rotatable bonds is 6. The molecule has 0 fully saturated rings. The zero-order valence-electron chi connectivity index (χ0n) is 11.5. The fourth-order valence-electron chi connectivity index (χ4n) is 1.69. The van der Waals surface area contributed by atoms with Crippen LogP contribution in [0.15, 0.2) is 12.1 Å². The highest BCUT2D eigenvalue weighted by atomic mass is 16.5. The van der Waals surface area contributed by atoms with Crippen LogP contribution in [-0.4, -0.2) is 52.4 Å². The molecule has 1 heterocycles. The number of hydrogen-bond donors (Lipinski definition) is 2. The van der Waals surface area contributed by atoms with E-state index in [1.807, 2.05) is 0 Å². The number of pyridine rings is 1. The summed E-state index contributed by atoms with van der Waals surface area (Å²) in [5.41, 5.74) is 1.16. The van der Waals surface area contributed by atoms with E-state index in [0.717, 1.165) is 5.69 Å². The maximum Gasteiger partial charge on any atom is 0.248 e. The Kier molecular flexibility index (Phi) is 5.72. The van der Waals surface area contributed by atoms with E-state index in [1.54, 1.807) is 26.0 Å². The zero-order valence-corrected chi connectivity index (χ0v) is 11.5. The van der Waals surface area contributed by atoms with Gasteiger partial charge in [-0.25, -0.2) is 0 Å². The van der Waals surface area contributed by atoms with E-state index in [2.05, 4.69) is 4.98 Å². The molecule has 0 bridgehead atoms. The number of amides is 1. The van der Waals surface area contributed by atoms with Crippen LogP contribution in [0.3, 0.4) is 0 Å². The number of nitrogens with zero attached hydrogens (tertiary/aromatic N) is 2. The molecule has 0 spiro atoms. The van der Waals surface area contributed by atoms with Gasteiger partial charge in [-0.15, -0.1) is 0 Å². The van der Waals surface area contributed by atoms with Crippen LogP contribution in [0, 0.1) is 6.92 Å². The Morgan fingerprint density at radius 1 is 1.53 bits per heavy atom. The lowest BCUT2D eigenvalue weighted by Crippen LogP contribution is -2.38. The summed E-state index contributed by atoms with van der Waals surface area (Å²) in [5, 5.41) is 19.2. The first-order chi connectivity index (χ1) is 8.93. The lowest BCUT2D eigenvalue weighted by atomic mass is 10.2. The molecular weight excluding hydrogens is 248 g/mol. The van der Waals surface area contributed by atoms with Gasteiger partial charge in [-0.1, -0.05) is 0 Å². The van der Waals surface area contributed by atoms with Gasteiger partial charge in [0.25, 0.3) is 0 Å². The van der Waals surface area contributed by atoms with Crippen molar-refractivity contribution in [3.63, 3.8) is 0 Å². The molecule has 0 radical (unpaired) electrons. The van der Waals surface area contributed by atoms with E-state index in [4.69, 9.17) is 4.74 Å². The lowest BCUT2D eigenvalue weighted by Gasteiger charge is -2.23. The summed E-state index contributed by atoms with van der Waals surface area (Å²) < 4.78 is 4.80. The van der Waals surface area contributed by atoms with Gasteiger partial charge in [-0.05, 0) is 26.0 Å². The lowest BCUT2D eigenvalue weighted by molar-refractivity contribution is -0.137. The molecule has 0 aliphatic carbocycles. The van der Waals surface area contributed by atoms with Gasteiger partial charge in [0, 0.05) is 19.3 Å². The Bertz CT molecular complexity index is 435. The van der Waals surface area contributed by atoms with Crippen molar-refractivity contribution in [2.24, 2.45) is 0 Å². The van der Waals surface area contributed by atoms with Crippen molar-refractivity contribution in [1.82, 2.24) is 9.88 Å². The van der Waals surface area contributed by atoms with Gasteiger partial charge in [0.1, 0.15) is 18.1 Å². The molecule has 1 atom stereocenters. The summed E-state index contributed by atoms with van der Waals surface area (Å²) in [7, 11) is 1.43. The molecule has 0 aliphatic rings. The van der Waals surface area contributed by atoms with Crippen LogP contribution < -0.4 is 0 Å². The molecule has 2 N–H and O–H groups in total. The highest BCUT2D eigenvalue weighted by Gasteiger charge is 2.18. The van der Waals surface area contributed by atoms with E-state index in [9.17, 15) is 15.0 Å². The molecule has 0 aliphatic heterocycles. The molecule has 6 heteroatoms. The molecule has 0 saturated heterocycles. The molecular formula is C13H20N2O4. The van der Waals surface area contributed by atoms with Crippen LogP contribution in [0.2, 0.25) is 0 Å². The van der Waals surface area contributed by atoms with Crippen LogP contribution in [0.4, 0.5) is 0 Å². The first kappa shape index (κ1) is 15.4. The highest BCUT2D eigenvalue weighted by molar-refractivity contribution is 5.77. The number of carbonyl (C=O) groups is 1. The van der Waals surface area contributed by atoms with Crippen LogP contribution in [0.25, 0.3) is 0 Å². The smallest absolute Gasteiger partial charge is 0.248 e. The number of aromatic hydroxyl groups is 1. The molecule has 1 rings (SSSR count). The van der Waals surface area contributed by atoms with Gasteiger partial charge >= 0.3 is 0 Å². The SMILES string of the molecule is COCC(=O)N(Cc1nc(C)ccc1O)C[C@H](C)O. The Labute approximate surface area is 112 Å². The average molecular weight is 268 g/mol. The Hall–Kier alpha value is -1.66. The van der Waals surface area contributed by atoms with E-state index in [0.29, 0.717) is 5.69 Å². The second kappa shape index (κ2) is 7.06. The van der Waals surface area contributed by atoms with E-state index < -0.39 is 6.10 Å². The van der Waals surface area contributed by atoms with Crippen molar-refractivity contribution in [3.05, 3.63) is 23.5 Å². The normalized spacial score (nSPS) is 12.2. The predicted molar refractivity (Wildman–Crippen MR) is 69.6 cm³/mol. The molecule has 1 amide bonds. The summed E-state index contributed by atoms with van der Waals surface area (Å²) in [6.45, 7) is 3.63. The standard InChI is InChI=1S/C13H20N2O4/c1-9-4-5-12(17)11(14-9)7-15(6-10(2)16)13(18)8-19-3/h4-5,10,16-17H,6-8H2,1-3H3/t10-/m0/s1. The molecule has 1 aromatic rings. The number of ether oxygens (including phenoxy) is 1. The number of aromatic nitrogens is 1. The van der Waals surface area contributed by atoms with E-state index in [1.165, 1.54) is 12.0 Å². The van der Waals surface area contributed by atoms with Gasteiger partial charge < -0.3 is 19.8 Å². The third-order valence-electron chi connectivity index (χ3n) is 2.54. The van der Waals surface area contributed by atoms with Crippen LogP contribution in [-0.2, 0) is 16.1 Å². The van der Waals surface area contributed by atoms with Crippen molar-refractivity contribution in [1.29, 1.82) is 0 Å². The van der Waals surface area contributed by atoms with E-state index in [-0.39, 0.29) is 31.4 Å². The van der Waals surface area contributed by atoms with Crippen LogP contribution >= 0.6 is 0 Å². The molecule has 0 aromatic carbocycles. The number of hydrogen-bond acceptors (Lipinski definition) is 5. The largest absolute Gasteiger partial charge is 0.506 e. The first-order valence-electron chi connectivity index (χ1n) is 6.04. The number of aryl methyl sites for hydroxylation is 1.